The van der Waals surface area contributed by atoms with Crippen molar-refractivity contribution in [1.82, 2.24) is 24.5 Å². The van der Waals surface area contributed by atoms with Crippen molar-refractivity contribution in [3.63, 3.8) is 0 Å². The van der Waals surface area contributed by atoms with Gasteiger partial charge >= 0.3 is 11.8 Å². The molecule has 4 rings (SSSR count). The highest BCUT2D eigenvalue weighted by atomic mass is 35.5. The van der Waals surface area contributed by atoms with Gasteiger partial charge in [-0.15, -0.1) is 0 Å². The Morgan fingerprint density at radius 3 is 1.97 bits per heavy atom. The number of piperazine rings is 1. The molecule has 0 N–H and O–H groups in total. The van der Waals surface area contributed by atoms with Crippen LogP contribution in [0.15, 0.2) is 24.3 Å². The summed E-state index contributed by atoms with van der Waals surface area (Å²) in [5.41, 5.74) is 3.54. The molecule has 8 nitrogen and oxygen atoms in total. The molecule has 0 bridgehead atoms. The zero-order chi connectivity index (χ0) is 22.8. The van der Waals surface area contributed by atoms with Crippen LogP contribution in [0.25, 0.3) is 5.69 Å². The van der Waals surface area contributed by atoms with Crippen LogP contribution in [0, 0.1) is 13.8 Å². The molecule has 0 atom stereocenters. The van der Waals surface area contributed by atoms with Gasteiger partial charge in [-0.25, -0.2) is 4.68 Å². The van der Waals surface area contributed by atoms with Crippen molar-refractivity contribution in [3.05, 3.63) is 46.2 Å². The summed E-state index contributed by atoms with van der Waals surface area (Å²) in [6.07, 6.45) is 2.16. The van der Waals surface area contributed by atoms with Gasteiger partial charge < -0.3 is 14.7 Å². The Morgan fingerprint density at radius 1 is 0.844 bits per heavy atom. The number of nitrogens with zero attached hydrogens (tertiary/aromatic N) is 5. The number of carbonyl (C=O) groups excluding carboxylic acids is 3. The number of rotatable bonds is 3. The number of hydrogen-bond donors (Lipinski definition) is 0. The minimum atomic E-state index is -0.449. The van der Waals surface area contributed by atoms with Gasteiger partial charge in [0.05, 0.1) is 17.8 Å². The number of amides is 3. The number of aromatic nitrogens is 2. The van der Waals surface area contributed by atoms with E-state index >= 15 is 0 Å². The number of carbonyl (C=O) groups is 3. The van der Waals surface area contributed by atoms with E-state index < -0.39 is 11.8 Å². The SMILES string of the molecule is Cc1nn(-c2ccc(Cl)cc2)c(C)c1CC(=O)N1CCN(C(=O)C(=O)N2CCCC2)CC1. The molecule has 170 valence electrons. The molecule has 32 heavy (non-hydrogen) atoms. The lowest BCUT2D eigenvalue weighted by atomic mass is 10.1. The molecule has 3 amide bonds. The first kappa shape index (κ1) is 22.3. The second kappa shape index (κ2) is 9.32. The molecule has 2 aromatic rings. The predicted octanol–water partition coefficient (Wildman–Crippen LogP) is 1.98. The van der Waals surface area contributed by atoms with E-state index in [1.165, 1.54) is 0 Å². The van der Waals surface area contributed by atoms with Crippen LogP contribution in [0.3, 0.4) is 0 Å². The van der Waals surface area contributed by atoms with Gasteiger partial charge in [-0.1, -0.05) is 11.6 Å². The Kier molecular flexibility index (Phi) is 6.50. The third-order valence-electron chi connectivity index (χ3n) is 6.34. The number of likely N-dealkylation sites (tertiary alicyclic amines) is 1. The fraction of sp³-hybridized carbons (Fsp3) is 0.478. The van der Waals surface area contributed by atoms with Crippen LogP contribution >= 0.6 is 11.6 Å². The molecule has 2 aliphatic rings. The van der Waals surface area contributed by atoms with Gasteiger partial charge in [-0.3, -0.25) is 14.4 Å². The Morgan fingerprint density at radius 2 is 1.38 bits per heavy atom. The van der Waals surface area contributed by atoms with Crippen LogP contribution in [0.1, 0.15) is 29.8 Å². The van der Waals surface area contributed by atoms with E-state index in [0.717, 1.165) is 35.5 Å². The van der Waals surface area contributed by atoms with Gasteiger partial charge in [-0.2, -0.15) is 5.10 Å². The normalized spacial score (nSPS) is 16.5. The van der Waals surface area contributed by atoms with Crippen molar-refractivity contribution in [2.45, 2.75) is 33.1 Å². The summed E-state index contributed by atoms with van der Waals surface area (Å²) in [6, 6.07) is 7.42. The zero-order valence-corrected chi connectivity index (χ0v) is 19.3. The highest BCUT2D eigenvalue weighted by Gasteiger charge is 2.32. The maximum atomic E-state index is 13.0. The van der Waals surface area contributed by atoms with E-state index in [1.54, 1.807) is 14.7 Å². The number of halogens is 1. The molecule has 9 heteroatoms. The lowest BCUT2D eigenvalue weighted by molar-refractivity contribution is -0.153. The minimum Gasteiger partial charge on any atom is -0.339 e. The van der Waals surface area contributed by atoms with Gasteiger partial charge in [-0.05, 0) is 51.0 Å². The van der Waals surface area contributed by atoms with Crippen molar-refractivity contribution in [3.8, 4) is 5.69 Å². The molecule has 0 saturated carbocycles. The summed E-state index contributed by atoms with van der Waals surface area (Å²) in [5, 5.41) is 5.27. The molecule has 0 aliphatic carbocycles. The summed E-state index contributed by atoms with van der Waals surface area (Å²) in [6.45, 7) is 6.80. The molecule has 2 aliphatic heterocycles. The Balaban J connectivity index is 1.36. The van der Waals surface area contributed by atoms with Crippen LogP contribution in [-0.4, -0.2) is 81.5 Å². The Bertz CT molecular complexity index is 1020. The average Bonchev–Trinajstić information content (AvgIpc) is 3.43. The Labute approximate surface area is 192 Å². The smallest absolute Gasteiger partial charge is 0.312 e. The molecule has 0 spiro atoms. The minimum absolute atomic E-state index is 0.00447. The second-order valence-electron chi connectivity index (χ2n) is 8.39. The average molecular weight is 458 g/mol. The highest BCUT2D eigenvalue weighted by molar-refractivity contribution is 6.35. The topological polar surface area (TPSA) is 78.8 Å². The molecule has 0 unspecified atom stereocenters. The molecule has 2 fully saturated rings. The highest BCUT2D eigenvalue weighted by Crippen LogP contribution is 2.21. The number of benzene rings is 1. The molecule has 1 aromatic carbocycles. The molecule has 1 aromatic heterocycles. The van der Waals surface area contributed by atoms with E-state index in [4.69, 9.17) is 11.6 Å². The molecule has 0 radical (unpaired) electrons. The fourth-order valence-electron chi connectivity index (χ4n) is 4.38. The summed E-state index contributed by atoms with van der Waals surface area (Å²) in [4.78, 5) is 42.8. The first-order valence-electron chi connectivity index (χ1n) is 11.0. The lowest BCUT2D eigenvalue weighted by Gasteiger charge is -2.35. The van der Waals surface area contributed by atoms with Crippen molar-refractivity contribution < 1.29 is 14.4 Å². The summed E-state index contributed by atoms with van der Waals surface area (Å²) in [5.74, 6) is -0.858. The van der Waals surface area contributed by atoms with E-state index in [1.807, 2.05) is 42.8 Å². The van der Waals surface area contributed by atoms with Gasteiger partial charge in [0.15, 0.2) is 0 Å². The van der Waals surface area contributed by atoms with E-state index in [9.17, 15) is 14.4 Å². The monoisotopic (exact) mass is 457 g/mol. The molecular weight excluding hydrogens is 430 g/mol. The van der Waals surface area contributed by atoms with Gasteiger partial charge in [0.2, 0.25) is 5.91 Å². The number of hydrogen-bond acceptors (Lipinski definition) is 4. The summed E-state index contributed by atoms with van der Waals surface area (Å²) >= 11 is 5.98. The summed E-state index contributed by atoms with van der Waals surface area (Å²) in [7, 11) is 0. The summed E-state index contributed by atoms with van der Waals surface area (Å²) < 4.78 is 1.83. The van der Waals surface area contributed by atoms with Crippen LogP contribution in [0.5, 0.6) is 0 Å². The standard InChI is InChI=1S/C23H28ClN5O3/c1-16-20(17(2)29(25-16)19-7-5-18(24)6-8-19)15-21(30)26-11-13-28(14-12-26)23(32)22(31)27-9-3-4-10-27/h5-8H,3-4,9-15H2,1-2H3. The molecular formula is C23H28ClN5O3. The molecule has 2 saturated heterocycles. The largest absolute Gasteiger partial charge is 0.339 e. The third-order valence-corrected chi connectivity index (χ3v) is 6.59. The number of aryl methyl sites for hydroxylation is 1. The first-order valence-corrected chi connectivity index (χ1v) is 11.4. The lowest BCUT2D eigenvalue weighted by Crippen LogP contribution is -2.54. The Hall–Kier alpha value is -2.87. The van der Waals surface area contributed by atoms with Crippen molar-refractivity contribution in [2.24, 2.45) is 0 Å². The van der Waals surface area contributed by atoms with Crippen LogP contribution < -0.4 is 0 Å². The van der Waals surface area contributed by atoms with Crippen molar-refractivity contribution in [2.75, 3.05) is 39.3 Å². The maximum Gasteiger partial charge on any atom is 0.312 e. The van der Waals surface area contributed by atoms with Crippen LogP contribution in [0.4, 0.5) is 0 Å². The molecule has 3 heterocycles. The fourth-order valence-corrected chi connectivity index (χ4v) is 4.50. The van der Waals surface area contributed by atoms with Crippen LogP contribution in [0.2, 0.25) is 5.02 Å². The maximum absolute atomic E-state index is 13.0. The van der Waals surface area contributed by atoms with Crippen molar-refractivity contribution in [1.29, 1.82) is 0 Å². The van der Waals surface area contributed by atoms with Gasteiger partial charge in [0.25, 0.3) is 0 Å². The first-order chi connectivity index (χ1) is 15.3. The van der Waals surface area contributed by atoms with E-state index in [2.05, 4.69) is 5.10 Å². The van der Waals surface area contributed by atoms with E-state index in [0.29, 0.717) is 44.3 Å². The van der Waals surface area contributed by atoms with E-state index in [-0.39, 0.29) is 12.3 Å². The third kappa shape index (κ3) is 4.50. The van der Waals surface area contributed by atoms with Gasteiger partial charge in [0, 0.05) is 55.5 Å². The zero-order valence-electron chi connectivity index (χ0n) is 18.5. The predicted molar refractivity (Wildman–Crippen MR) is 121 cm³/mol. The van der Waals surface area contributed by atoms with Crippen molar-refractivity contribution >= 4 is 29.3 Å². The van der Waals surface area contributed by atoms with Gasteiger partial charge in [0.1, 0.15) is 0 Å². The second-order valence-corrected chi connectivity index (χ2v) is 8.82. The quantitative estimate of drug-likeness (QED) is 0.660. The van der Waals surface area contributed by atoms with Crippen LogP contribution in [-0.2, 0) is 20.8 Å².